The van der Waals surface area contributed by atoms with Gasteiger partial charge in [0, 0.05) is 24.3 Å². The molecule has 3 rings (SSSR count). The number of rotatable bonds is 11. The number of nitrogens with one attached hydrogen (secondary N) is 2. The second kappa shape index (κ2) is 12.1. The van der Waals surface area contributed by atoms with Gasteiger partial charge >= 0.3 is 0 Å². The summed E-state index contributed by atoms with van der Waals surface area (Å²) < 4.78 is 16.9. The largest absolute Gasteiger partial charge is 0.496 e. The summed E-state index contributed by atoms with van der Waals surface area (Å²) in [4.78, 5) is 12.3. The van der Waals surface area contributed by atoms with E-state index in [9.17, 15) is 4.79 Å². The van der Waals surface area contributed by atoms with Crippen LogP contribution in [0.15, 0.2) is 60.7 Å². The highest BCUT2D eigenvalue weighted by Crippen LogP contribution is 2.36. The lowest BCUT2D eigenvalue weighted by Gasteiger charge is -2.16. The number of carbonyl (C=O) groups is 1. The van der Waals surface area contributed by atoms with E-state index in [1.165, 1.54) is 0 Å². The van der Waals surface area contributed by atoms with Crippen LogP contribution in [-0.4, -0.2) is 26.2 Å². The second-order valence-corrected chi connectivity index (χ2v) is 7.86. The molecule has 0 aliphatic carbocycles. The van der Waals surface area contributed by atoms with Crippen LogP contribution < -0.4 is 24.8 Å². The first-order valence-electron chi connectivity index (χ1n) is 10.8. The van der Waals surface area contributed by atoms with Gasteiger partial charge in [0.1, 0.15) is 5.75 Å². The maximum Gasteiger partial charge on any atom is 0.262 e. The summed E-state index contributed by atoms with van der Waals surface area (Å²) in [6.45, 7) is 5.35. The zero-order valence-corrected chi connectivity index (χ0v) is 19.9. The molecule has 0 atom stereocenters. The van der Waals surface area contributed by atoms with Crippen molar-refractivity contribution in [2.45, 2.75) is 26.9 Å². The molecule has 0 aromatic heterocycles. The Kier molecular flexibility index (Phi) is 8.98. The highest BCUT2D eigenvalue weighted by atomic mass is 35.5. The molecule has 6 nitrogen and oxygen atoms in total. The third kappa shape index (κ3) is 7.14. The number of hydrogen-bond acceptors (Lipinski definition) is 5. The average Bonchev–Trinajstić information content (AvgIpc) is 2.80. The summed E-state index contributed by atoms with van der Waals surface area (Å²) >= 11 is 6.49. The van der Waals surface area contributed by atoms with E-state index in [-0.39, 0.29) is 12.5 Å². The van der Waals surface area contributed by atoms with E-state index in [4.69, 9.17) is 25.8 Å². The predicted molar refractivity (Wildman–Crippen MR) is 131 cm³/mol. The van der Waals surface area contributed by atoms with Gasteiger partial charge in [0.05, 0.1) is 18.7 Å². The number of methoxy groups -OCH3 is 1. The van der Waals surface area contributed by atoms with E-state index in [1.807, 2.05) is 74.5 Å². The van der Waals surface area contributed by atoms with Crippen LogP contribution in [-0.2, 0) is 17.9 Å². The van der Waals surface area contributed by atoms with Crippen LogP contribution in [0.4, 0.5) is 5.69 Å². The molecule has 0 saturated carbocycles. The number of ether oxygens (including phenoxy) is 3. The summed E-state index contributed by atoms with van der Waals surface area (Å²) in [5, 5.41) is 6.58. The van der Waals surface area contributed by atoms with Crippen LogP contribution in [0.5, 0.6) is 17.2 Å². The number of amides is 1. The Balaban J connectivity index is 1.62. The van der Waals surface area contributed by atoms with Gasteiger partial charge in [-0.3, -0.25) is 4.79 Å². The molecule has 3 aromatic carbocycles. The molecule has 33 heavy (non-hydrogen) atoms. The molecule has 174 valence electrons. The summed E-state index contributed by atoms with van der Waals surface area (Å²) in [7, 11) is 1.66. The van der Waals surface area contributed by atoms with Crippen LogP contribution in [0, 0.1) is 6.92 Å². The zero-order valence-electron chi connectivity index (χ0n) is 19.1. The monoisotopic (exact) mass is 468 g/mol. The number of halogens is 1. The molecule has 0 bridgehead atoms. The number of para-hydroxylation sites is 1. The van der Waals surface area contributed by atoms with E-state index in [0.717, 1.165) is 22.4 Å². The molecule has 0 spiro atoms. The number of hydrogen-bond donors (Lipinski definition) is 2. The number of carbonyl (C=O) groups excluding carboxylic acids is 1. The Hall–Kier alpha value is -3.22. The van der Waals surface area contributed by atoms with Crippen LogP contribution in [0.3, 0.4) is 0 Å². The lowest BCUT2D eigenvalue weighted by atomic mass is 10.1. The maximum atomic E-state index is 12.3. The molecule has 1 amide bonds. The van der Waals surface area contributed by atoms with Crippen LogP contribution in [0.1, 0.15) is 23.6 Å². The van der Waals surface area contributed by atoms with Crippen molar-refractivity contribution in [1.29, 1.82) is 0 Å². The van der Waals surface area contributed by atoms with E-state index >= 15 is 0 Å². The van der Waals surface area contributed by atoms with Crippen molar-refractivity contribution < 1.29 is 19.0 Å². The van der Waals surface area contributed by atoms with Gasteiger partial charge in [-0.05, 0) is 49.7 Å². The normalized spacial score (nSPS) is 10.5. The fourth-order valence-electron chi connectivity index (χ4n) is 3.29. The molecule has 0 unspecified atom stereocenters. The third-order valence-electron chi connectivity index (χ3n) is 4.89. The summed E-state index contributed by atoms with van der Waals surface area (Å²) in [6, 6.07) is 19.1. The van der Waals surface area contributed by atoms with Gasteiger partial charge in [-0.15, -0.1) is 0 Å². The van der Waals surface area contributed by atoms with Crippen LogP contribution in [0.2, 0.25) is 5.02 Å². The fourth-order valence-corrected chi connectivity index (χ4v) is 3.58. The zero-order chi connectivity index (χ0) is 23.6. The van der Waals surface area contributed by atoms with Crippen molar-refractivity contribution in [3.05, 3.63) is 82.4 Å². The van der Waals surface area contributed by atoms with Crippen molar-refractivity contribution in [2.24, 2.45) is 0 Å². The molecule has 0 aliphatic rings. The number of aryl methyl sites for hydroxylation is 1. The Morgan fingerprint density at radius 3 is 2.45 bits per heavy atom. The summed E-state index contributed by atoms with van der Waals surface area (Å²) in [5.74, 6) is 1.42. The molecule has 7 heteroatoms. The fraction of sp³-hybridized carbons (Fsp3) is 0.269. The first kappa shape index (κ1) is 24.4. The first-order chi connectivity index (χ1) is 16.0. The predicted octanol–water partition coefficient (Wildman–Crippen LogP) is 5.36. The molecule has 0 aliphatic heterocycles. The smallest absolute Gasteiger partial charge is 0.262 e. The minimum atomic E-state index is -0.278. The van der Waals surface area contributed by atoms with E-state index in [1.54, 1.807) is 7.11 Å². The van der Waals surface area contributed by atoms with Gasteiger partial charge < -0.3 is 24.8 Å². The van der Waals surface area contributed by atoms with E-state index < -0.39 is 0 Å². The van der Waals surface area contributed by atoms with Gasteiger partial charge in [-0.1, -0.05) is 47.5 Å². The van der Waals surface area contributed by atoms with Crippen LogP contribution in [0.25, 0.3) is 0 Å². The minimum Gasteiger partial charge on any atom is -0.496 e. The van der Waals surface area contributed by atoms with Crippen molar-refractivity contribution in [3.63, 3.8) is 0 Å². The SMILES string of the molecule is CCOc1cc(CNCc2ccccc2OC)cc(Cl)c1OCC(=O)Nc1ccc(C)cc1. The first-order valence-corrected chi connectivity index (χ1v) is 11.1. The quantitative estimate of drug-likeness (QED) is 0.396. The molecule has 0 heterocycles. The maximum absolute atomic E-state index is 12.3. The number of benzene rings is 3. The number of anilines is 1. The molecular weight excluding hydrogens is 440 g/mol. The van der Waals surface area contributed by atoms with Gasteiger partial charge in [-0.2, -0.15) is 0 Å². The Morgan fingerprint density at radius 1 is 0.970 bits per heavy atom. The summed E-state index contributed by atoms with van der Waals surface area (Å²) in [6.07, 6.45) is 0. The molecular formula is C26H29ClN2O4. The van der Waals surface area contributed by atoms with Gasteiger partial charge in [0.2, 0.25) is 0 Å². The van der Waals surface area contributed by atoms with E-state index in [0.29, 0.717) is 41.9 Å². The van der Waals surface area contributed by atoms with Gasteiger partial charge in [0.15, 0.2) is 18.1 Å². The van der Waals surface area contributed by atoms with Gasteiger partial charge in [0.25, 0.3) is 5.91 Å². The highest BCUT2D eigenvalue weighted by molar-refractivity contribution is 6.32. The van der Waals surface area contributed by atoms with Crippen molar-refractivity contribution in [3.8, 4) is 17.2 Å². The van der Waals surface area contributed by atoms with Crippen LogP contribution >= 0.6 is 11.6 Å². The van der Waals surface area contributed by atoms with Gasteiger partial charge in [-0.25, -0.2) is 0 Å². The van der Waals surface area contributed by atoms with E-state index in [2.05, 4.69) is 10.6 Å². The standard InChI is InChI=1S/C26H29ClN2O4/c1-4-32-24-14-19(15-28-16-20-7-5-6-8-23(20)31-3)13-22(27)26(24)33-17-25(30)29-21-11-9-18(2)10-12-21/h5-14,28H,4,15-17H2,1-3H3,(H,29,30). The lowest BCUT2D eigenvalue weighted by Crippen LogP contribution is -2.20. The lowest BCUT2D eigenvalue weighted by molar-refractivity contribution is -0.118. The third-order valence-corrected chi connectivity index (χ3v) is 5.17. The average molecular weight is 469 g/mol. The topological polar surface area (TPSA) is 68.8 Å². The molecule has 0 fully saturated rings. The Labute approximate surface area is 199 Å². The minimum absolute atomic E-state index is 0.181. The molecule has 2 N–H and O–H groups in total. The molecule has 0 radical (unpaired) electrons. The molecule has 0 saturated heterocycles. The Morgan fingerprint density at radius 2 is 1.73 bits per heavy atom. The Bertz CT molecular complexity index is 1070. The second-order valence-electron chi connectivity index (χ2n) is 7.46. The van der Waals surface area contributed by atoms with Crippen molar-refractivity contribution in [1.82, 2.24) is 5.32 Å². The highest BCUT2D eigenvalue weighted by Gasteiger charge is 2.15. The van der Waals surface area contributed by atoms with Crippen molar-refractivity contribution >= 4 is 23.2 Å². The molecule has 3 aromatic rings. The summed E-state index contributed by atoms with van der Waals surface area (Å²) in [5.41, 5.74) is 3.84. The van der Waals surface area contributed by atoms with Crippen molar-refractivity contribution in [2.75, 3.05) is 25.6 Å².